The first-order valence-electron chi connectivity index (χ1n) is 7.81. The van der Waals surface area contributed by atoms with Crippen LogP contribution in [0.2, 0.25) is 0 Å². The normalized spacial score (nSPS) is 10.3. The maximum Gasteiger partial charge on any atom is 0.226 e. The molecule has 0 fully saturated rings. The third-order valence-electron chi connectivity index (χ3n) is 3.80. The predicted octanol–water partition coefficient (Wildman–Crippen LogP) is 4.13. The second-order valence-electron chi connectivity index (χ2n) is 5.67. The molecule has 0 aliphatic rings. The average Bonchev–Trinajstić information content (AvgIpc) is 2.55. The van der Waals surface area contributed by atoms with Crippen molar-refractivity contribution in [3.05, 3.63) is 64.1 Å². The highest BCUT2D eigenvalue weighted by Gasteiger charge is 2.13. The van der Waals surface area contributed by atoms with E-state index in [0.29, 0.717) is 13.1 Å². The molecule has 0 atom stereocenters. The fraction of sp³-hybridized carbons (Fsp3) is 0.263. The zero-order chi connectivity index (χ0) is 17.5. The number of nitrogens with zero attached hydrogens (tertiary/aromatic N) is 1. The van der Waals surface area contributed by atoms with Crippen molar-refractivity contribution in [2.24, 2.45) is 0 Å². The lowest BCUT2D eigenvalue weighted by atomic mass is 10.1. The molecule has 0 radical (unpaired) electrons. The van der Waals surface area contributed by atoms with Crippen molar-refractivity contribution in [1.82, 2.24) is 4.90 Å². The first kappa shape index (κ1) is 18.2. The monoisotopic (exact) mass is 388 g/mol. The van der Waals surface area contributed by atoms with E-state index in [-0.39, 0.29) is 18.2 Å². The molecule has 1 N–H and O–H groups in total. The van der Waals surface area contributed by atoms with E-state index in [1.165, 1.54) is 6.92 Å². The van der Waals surface area contributed by atoms with Crippen molar-refractivity contribution < 1.29 is 9.59 Å². The van der Waals surface area contributed by atoms with E-state index in [0.717, 1.165) is 21.3 Å². The van der Waals surface area contributed by atoms with Crippen LogP contribution in [0, 0.1) is 6.92 Å². The minimum atomic E-state index is -0.103. The summed E-state index contributed by atoms with van der Waals surface area (Å²) in [5.74, 6) is -0.136. The molecule has 5 heteroatoms. The molecular weight excluding hydrogens is 368 g/mol. The highest BCUT2D eigenvalue weighted by molar-refractivity contribution is 9.10. The van der Waals surface area contributed by atoms with Crippen LogP contribution in [0.1, 0.15) is 24.5 Å². The summed E-state index contributed by atoms with van der Waals surface area (Å²) in [6.07, 6.45) is 0.265. The number of carbonyl (C=O) groups excluding carboxylic acids is 2. The van der Waals surface area contributed by atoms with Gasteiger partial charge in [-0.2, -0.15) is 0 Å². The maximum atomic E-state index is 12.1. The molecule has 0 unspecified atom stereocenters. The molecule has 0 aromatic heterocycles. The molecule has 0 aliphatic carbocycles. The number of anilines is 1. The second kappa shape index (κ2) is 8.64. The Hall–Kier alpha value is -2.14. The van der Waals surface area contributed by atoms with Gasteiger partial charge in [0.25, 0.3) is 0 Å². The molecule has 2 rings (SSSR count). The summed E-state index contributed by atoms with van der Waals surface area (Å²) in [4.78, 5) is 25.6. The molecule has 0 saturated carbocycles. The molecule has 0 saturated heterocycles. The van der Waals surface area contributed by atoms with Crippen LogP contribution in [0.4, 0.5) is 5.69 Å². The maximum absolute atomic E-state index is 12.1. The van der Waals surface area contributed by atoms with Gasteiger partial charge in [-0.25, -0.2) is 0 Å². The number of halogens is 1. The Morgan fingerprint density at radius 1 is 1.08 bits per heavy atom. The smallest absolute Gasteiger partial charge is 0.226 e. The van der Waals surface area contributed by atoms with Crippen LogP contribution in [0.25, 0.3) is 0 Å². The highest BCUT2D eigenvalue weighted by Crippen LogP contribution is 2.15. The van der Waals surface area contributed by atoms with E-state index in [4.69, 9.17) is 0 Å². The fourth-order valence-corrected chi connectivity index (χ4v) is 2.60. The molecular formula is C19H21BrN2O2. The molecule has 0 spiro atoms. The summed E-state index contributed by atoms with van der Waals surface area (Å²) >= 11 is 3.36. The molecule has 0 bridgehead atoms. The topological polar surface area (TPSA) is 49.4 Å². The molecule has 0 aliphatic heterocycles. The van der Waals surface area contributed by atoms with E-state index in [1.54, 1.807) is 4.90 Å². The van der Waals surface area contributed by atoms with Gasteiger partial charge in [0.05, 0.1) is 0 Å². The summed E-state index contributed by atoms with van der Waals surface area (Å²) in [6.45, 7) is 4.47. The quantitative estimate of drug-likeness (QED) is 0.808. The zero-order valence-electron chi connectivity index (χ0n) is 13.9. The number of amides is 2. The van der Waals surface area contributed by atoms with Gasteiger partial charge >= 0.3 is 0 Å². The van der Waals surface area contributed by atoms with Gasteiger partial charge in [-0.3, -0.25) is 9.59 Å². The van der Waals surface area contributed by atoms with Gasteiger partial charge in [0.15, 0.2) is 0 Å². The SMILES string of the molecule is CC(=O)N(CCC(=O)Nc1ccc(Br)cc1)Cc1ccccc1C. The number of benzene rings is 2. The first-order chi connectivity index (χ1) is 11.5. The van der Waals surface area contributed by atoms with Gasteiger partial charge in [0, 0.05) is 36.6 Å². The molecule has 2 aromatic carbocycles. The van der Waals surface area contributed by atoms with Crippen LogP contribution in [0.5, 0.6) is 0 Å². The number of hydrogen-bond donors (Lipinski definition) is 1. The lowest BCUT2D eigenvalue weighted by molar-refractivity contribution is -0.129. The second-order valence-corrected chi connectivity index (χ2v) is 6.59. The molecule has 24 heavy (non-hydrogen) atoms. The first-order valence-corrected chi connectivity index (χ1v) is 8.60. The fourth-order valence-electron chi connectivity index (χ4n) is 2.33. The number of nitrogens with one attached hydrogen (secondary N) is 1. The van der Waals surface area contributed by atoms with Gasteiger partial charge in [-0.15, -0.1) is 0 Å². The molecule has 126 valence electrons. The lowest BCUT2D eigenvalue weighted by Crippen LogP contribution is -2.31. The number of rotatable bonds is 6. The summed E-state index contributed by atoms with van der Waals surface area (Å²) < 4.78 is 0.960. The Morgan fingerprint density at radius 3 is 2.38 bits per heavy atom. The van der Waals surface area contributed by atoms with E-state index in [1.807, 2.05) is 55.5 Å². The van der Waals surface area contributed by atoms with Crippen molar-refractivity contribution >= 4 is 33.4 Å². The average molecular weight is 389 g/mol. The van der Waals surface area contributed by atoms with E-state index >= 15 is 0 Å². The summed E-state index contributed by atoms with van der Waals surface area (Å²) in [6, 6.07) is 15.4. The Morgan fingerprint density at radius 2 is 1.75 bits per heavy atom. The Balaban J connectivity index is 1.91. The summed E-state index contributed by atoms with van der Waals surface area (Å²) in [7, 11) is 0. The van der Waals surface area contributed by atoms with E-state index in [9.17, 15) is 9.59 Å². The van der Waals surface area contributed by atoms with Gasteiger partial charge in [-0.1, -0.05) is 40.2 Å². The Bertz CT molecular complexity index is 714. The number of aryl methyl sites for hydroxylation is 1. The molecule has 2 amide bonds. The van der Waals surface area contributed by atoms with Gasteiger partial charge in [0.1, 0.15) is 0 Å². The third-order valence-corrected chi connectivity index (χ3v) is 4.33. The van der Waals surface area contributed by atoms with Crippen molar-refractivity contribution in [3.8, 4) is 0 Å². The third kappa shape index (κ3) is 5.49. The van der Waals surface area contributed by atoms with Gasteiger partial charge < -0.3 is 10.2 Å². The van der Waals surface area contributed by atoms with Crippen molar-refractivity contribution in [2.45, 2.75) is 26.8 Å². The van der Waals surface area contributed by atoms with Crippen LogP contribution in [-0.2, 0) is 16.1 Å². The lowest BCUT2D eigenvalue weighted by Gasteiger charge is -2.22. The van der Waals surface area contributed by atoms with Crippen LogP contribution >= 0.6 is 15.9 Å². The molecule has 2 aromatic rings. The number of carbonyl (C=O) groups is 2. The molecule has 4 nitrogen and oxygen atoms in total. The standard InChI is InChI=1S/C19H21BrN2O2/c1-14-5-3-4-6-16(14)13-22(15(2)23)12-11-19(24)21-18-9-7-17(20)8-10-18/h3-10H,11-13H2,1-2H3,(H,21,24). The van der Waals surface area contributed by atoms with Crippen LogP contribution in [0.15, 0.2) is 53.0 Å². The minimum Gasteiger partial charge on any atom is -0.338 e. The largest absolute Gasteiger partial charge is 0.338 e. The summed E-state index contributed by atoms with van der Waals surface area (Å²) in [5.41, 5.74) is 2.99. The van der Waals surface area contributed by atoms with Crippen molar-refractivity contribution in [2.75, 3.05) is 11.9 Å². The van der Waals surface area contributed by atoms with Crippen LogP contribution in [-0.4, -0.2) is 23.3 Å². The highest BCUT2D eigenvalue weighted by atomic mass is 79.9. The number of hydrogen-bond acceptors (Lipinski definition) is 2. The van der Waals surface area contributed by atoms with Crippen LogP contribution in [0.3, 0.4) is 0 Å². The Labute approximate surface area is 151 Å². The Kier molecular flexibility index (Phi) is 6.55. The zero-order valence-corrected chi connectivity index (χ0v) is 15.5. The van der Waals surface area contributed by atoms with Crippen molar-refractivity contribution in [3.63, 3.8) is 0 Å². The summed E-state index contributed by atoms with van der Waals surface area (Å²) in [5, 5.41) is 2.84. The van der Waals surface area contributed by atoms with Crippen LogP contribution < -0.4 is 5.32 Å². The predicted molar refractivity (Wildman–Crippen MR) is 99.7 cm³/mol. The van der Waals surface area contributed by atoms with E-state index in [2.05, 4.69) is 21.2 Å². The van der Waals surface area contributed by atoms with E-state index < -0.39 is 0 Å². The molecule has 0 heterocycles. The van der Waals surface area contributed by atoms with Gasteiger partial charge in [0.2, 0.25) is 11.8 Å². The van der Waals surface area contributed by atoms with Gasteiger partial charge in [-0.05, 0) is 42.3 Å². The van der Waals surface area contributed by atoms with Crippen molar-refractivity contribution in [1.29, 1.82) is 0 Å². The minimum absolute atomic E-state index is 0.0327.